The maximum Gasteiger partial charge on any atom is 0.344 e. The van der Waals surface area contributed by atoms with Crippen molar-refractivity contribution in [3.05, 3.63) is 17.0 Å². The van der Waals surface area contributed by atoms with E-state index in [0.29, 0.717) is 23.4 Å². The standard InChI is InChI=1S/C21H30N2O4/c1-4-17-19(12(2)27-23-17)20(25)26-11-18(24)22-13(3)21-8-14-5-15(9-21)7-16(6-14)10-21/h13-16H,4-11H2,1-3H3,(H,22,24)/t13-,14?,15?,16?,21?/m0/s1. The van der Waals surface area contributed by atoms with Crippen LogP contribution in [0.3, 0.4) is 0 Å². The summed E-state index contributed by atoms with van der Waals surface area (Å²) < 4.78 is 10.3. The number of nitrogens with one attached hydrogen (secondary N) is 1. The number of rotatable bonds is 6. The number of aromatic nitrogens is 1. The van der Waals surface area contributed by atoms with Crippen LogP contribution in [0.25, 0.3) is 0 Å². The summed E-state index contributed by atoms with van der Waals surface area (Å²) >= 11 is 0. The van der Waals surface area contributed by atoms with Crippen molar-refractivity contribution in [2.45, 2.75) is 71.8 Å². The zero-order valence-electron chi connectivity index (χ0n) is 16.5. The van der Waals surface area contributed by atoms with Gasteiger partial charge in [-0.25, -0.2) is 4.79 Å². The summed E-state index contributed by atoms with van der Waals surface area (Å²) in [6, 6.07) is 0.126. The molecule has 1 atom stereocenters. The van der Waals surface area contributed by atoms with Crippen molar-refractivity contribution in [3.63, 3.8) is 0 Å². The Morgan fingerprint density at radius 3 is 2.37 bits per heavy atom. The average molecular weight is 374 g/mol. The topological polar surface area (TPSA) is 81.4 Å². The first-order chi connectivity index (χ1) is 12.9. The second-order valence-corrected chi connectivity index (χ2v) is 9.06. The average Bonchev–Trinajstić information content (AvgIpc) is 2.99. The van der Waals surface area contributed by atoms with Gasteiger partial charge in [-0.2, -0.15) is 0 Å². The maximum absolute atomic E-state index is 12.4. The Hall–Kier alpha value is -1.85. The molecule has 5 rings (SSSR count). The molecule has 1 heterocycles. The summed E-state index contributed by atoms with van der Waals surface area (Å²) in [4.78, 5) is 24.7. The molecule has 6 heteroatoms. The van der Waals surface area contributed by atoms with E-state index in [4.69, 9.17) is 9.26 Å². The molecule has 0 spiro atoms. The molecule has 0 saturated heterocycles. The quantitative estimate of drug-likeness (QED) is 0.772. The predicted molar refractivity (Wildman–Crippen MR) is 99.1 cm³/mol. The van der Waals surface area contributed by atoms with Crippen molar-refractivity contribution >= 4 is 11.9 Å². The van der Waals surface area contributed by atoms with E-state index < -0.39 is 5.97 Å². The van der Waals surface area contributed by atoms with Crippen LogP contribution in [-0.2, 0) is 16.0 Å². The van der Waals surface area contributed by atoms with Crippen LogP contribution in [0.15, 0.2) is 4.52 Å². The Bertz CT molecular complexity index is 703. The Morgan fingerprint density at radius 1 is 1.22 bits per heavy atom. The summed E-state index contributed by atoms with van der Waals surface area (Å²) in [6.45, 7) is 5.45. The van der Waals surface area contributed by atoms with Gasteiger partial charge in [-0.3, -0.25) is 4.79 Å². The van der Waals surface area contributed by atoms with Gasteiger partial charge in [0, 0.05) is 6.04 Å². The van der Waals surface area contributed by atoms with Crippen molar-refractivity contribution in [2.75, 3.05) is 6.61 Å². The van der Waals surface area contributed by atoms with Crippen LogP contribution in [0.2, 0.25) is 0 Å². The number of esters is 1. The Kier molecular flexibility index (Phi) is 4.77. The third-order valence-corrected chi connectivity index (χ3v) is 7.19. The van der Waals surface area contributed by atoms with Crippen molar-refractivity contribution in [2.24, 2.45) is 23.2 Å². The molecule has 4 aliphatic rings. The van der Waals surface area contributed by atoms with Crippen molar-refractivity contribution < 1.29 is 18.8 Å². The van der Waals surface area contributed by atoms with Gasteiger partial charge >= 0.3 is 5.97 Å². The molecule has 1 aromatic heterocycles. The molecule has 4 fully saturated rings. The first kappa shape index (κ1) is 18.5. The highest BCUT2D eigenvalue weighted by Gasteiger charge is 2.53. The summed E-state index contributed by atoms with van der Waals surface area (Å²) in [5.74, 6) is 2.20. The van der Waals surface area contributed by atoms with Gasteiger partial charge in [-0.15, -0.1) is 0 Å². The molecule has 0 unspecified atom stereocenters. The SMILES string of the molecule is CCc1noc(C)c1C(=O)OCC(=O)N[C@@H](C)C12CC3CC(CC(C3)C1)C2. The van der Waals surface area contributed by atoms with Crippen molar-refractivity contribution in [3.8, 4) is 0 Å². The highest BCUT2D eigenvalue weighted by atomic mass is 16.5. The lowest BCUT2D eigenvalue weighted by atomic mass is 9.48. The number of ether oxygens (including phenoxy) is 1. The lowest BCUT2D eigenvalue weighted by Gasteiger charge is -2.59. The number of hydrogen-bond donors (Lipinski definition) is 1. The van der Waals surface area contributed by atoms with E-state index in [1.165, 1.54) is 38.5 Å². The van der Waals surface area contributed by atoms with Crippen LogP contribution in [0.4, 0.5) is 0 Å². The molecule has 148 valence electrons. The monoisotopic (exact) mass is 374 g/mol. The Balaban J connectivity index is 1.33. The van der Waals surface area contributed by atoms with E-state index in [1.807, 2.05) is 6.92 Å². The van der Waals surface area contributed by atoms with E-state index in [9.17, 15) is 9.59 Å². The van der Waals surface area contributed by atoms with Gasteiger partial charge in [0.25, 0.3) is 5.91 Å². The molecule has 1 aromatic rings. The Labute approximate surface area is 160 Å². The summed E-state index contributed by atoms with van der Waals surface area (Å²) in [7, 11) is 0. The van der Waals surface area contributed by atoms with E-state index in [1.54, 1.807) is 6.92 Å². The number of aryl methyl sites for hydroxylation is 2. The molecule has 0 aromatic carbocycles. The highest BCUT2D eigenvalue weighted by Crippen LogP contribution is 2.61. The van der Waals surface area contributed by atoms with Crippen LogP contribution in [-0.4, -0.2) is 29.7 Å². The minimum atomic E-state index is -0.539. The van der Waals surface area contributed by atoms with Gasteiger partial charge in [0.15, 0.2) is 6.61 Å². The van der Waals surface area contributed by atoms with E-state index in [-0.39, 0.29) is 24.0 Å². The Morgan fingerprint density at radius 2 is 1.81 bits per heavy atom. The fraction of sp³-hybridized carbons (Fsp3) is 0.762. The van der Waals surface area contributed by atoms with Crippen LogP contribution in [0.5, 0.6) is 0 Å². The number of nitrogens with zero attached hydrogens (tertiary/aromatic N) is 1. The molecule has 4 aliphatic carbocycles. The molecular formula is C21H30N2O4. The molecule has 4 saturated carbocycles. The van der Waals surface area contributed by atoms with Gasteiger partial charge in [0.05, 0.1) is 5.69 Å². The zero-order chi connectivity index (χ0) is 19.2. The number of hydrogen-bond acceptors (Lipinski definition) is 5. The highest BCUT2D eigenvalue weighted by molar-refractivity contribution is 5.93. The fourth-order valence-corrected chi connectivity index (χ4v) is 6.27. The minimum Gasteiger partial charge on any atom is -0.452 e. The summed E-state index contributed by atoms with van der Waals surface area (Å²) in [5, 5.41) is 6.99. The largest absolute Gasteiger partial charge is 0.452 e. The van der Waals surface area contributed by atoms with Crippen molar-refractivity contribution in [1.82, 2.24) is 10.5 Å². The predicted octanol–water partition coefficient (Wildman–Crippen LogP) is 3.42. The van der Waals surface area contributed by atoms with Gasteiger partial charge in [-0.1, -0.05) is 12.1 Å². The van der Waals surface area contributed by atoms with E-state index in [2.05, 4.69) is 17.4 Å². The van der Waals surface area contributed by atoms with Gasteiger partial charge in [0.2, 0.25) is 0 Å². The lowest BCUT2D eigenvalue weighted by molar-refractivity contribution is -0.128. The lowest BCUT2D eigenvalue weighted by Crippen LogP contribution is -2.56. The maximum atomic E-state index is 12.4. The van der Waals surface area contributed by atoms with Crippen molar-refractivity contribution in [1.29, 1.82) is 0 Å². The third-order valence-electron chi connectivity index (χ3n) is 7.19. The molecule has 4 bridgehead atoms. The summed E-state index contributed by atoms with van der Waals surface area (Å²) in [6.07, 6.45) is 8.44. The van der Waals surface area contributed by atoms with E-state index in [0.717, 1.165) is 17.8 Å². The molecular weight excluding hydrogens is 344 g/mol. The van der Waals surface area contributed by atoms with Crippen LogP contribution in [0.1, 0.15) is 74.2 Å². The second kappa shape index (κ2) is 6.95. The first-order valence-corrected chi connectivity index (χ1v) is 10.3. The molecule has 1 amide bonds. The smallest absolute Gasteiger partial charge is 0.344 e. The number of carbonyl (C=O) groups excluding carboxylic acids is 2. The fourth-order valence-electron chi connectivity index (χ4n) is 6.27. The molecule has 27 heavy (non-hydrogen) atoms. The second-order valence-electron chi connectivity index (χ2n) is 9.06. The van der Waals surface area contributed by atoms with Gasteiger partial charge in [0.1, 0.15) is 11.3 Å². The molecule has 0 radical (unpaired) electrons. The molecule has 0 aliphatic heterocycles. The normalized spacial score (nSPS) is 32.3. The zero-order valence-corrected chi connectivity index (χ0v) is 16.5. The van der Waals surface area contributed by atoms with Crippen LogP contribution in [0, 0.1) is 30.1 Å². The summed E-state index contributed by atoms with van der Waals surface area (Å²) in [5.41, 5.74) is 1.16. The number of amides is 1. The number of carbonyl (C=O) groups is 2. The van der Waals surface area contributed by atoms with Crippen LogP contribution >= 0.6 is 0 Å². The third kappa shape index (κ3) is 3.39. The first-order valence-electron chi connectivity index (χ1n) is 10.3. The van der Waals surface area contributed by atoms with E-state index >= 15 is 0 Å². The molecule has 6 nitrogen and oxygen atoms in total. The van der Waals surface area contributed by atoms with Gasteiger partial charge < -0.3 is 14.6 Å². The van der Waals surface area contributed by atoms with Gasteiger partial charge in [-0.05, 0) is 82.0 Å². The minimum absolute atomic E-state index is 0.126. The molecule has 1 N–H and O–H groups in total. The van der Waals surface area contributed by atoms with Crippen LogP contribution < -0.4 is 5.32 Å².